The van der Waals surface area contributed by atoms with Crippen LogP contribution in [0.2, 0.25) is 0 Å². The molecular formula is C19H16BrN5O3. The monoisotopic (exact) mass is 441 g/mol. The molecule has 3 rings (SSSR count). The number of rotatable bonds is 6. The summed E-state index contributed by atoms with van der Waals surface area (Å²) in [6, 6.07) is 15.0. The molecule has 28 heavy (non-hydrogen) atoms. The fraction of sp³-hybridized carbons (Fsp3) is 0.105. The van der Waals surface area contributed by atoms with Crippen molar-refractivity contribution in [2.75, 3.05) is 0 Å². The van der Waals surface area contributed by atoms with Gasteiger partial charge in [0, 0.05) is 4.47 Å². The van der Waals surface area contributed by atoms with Gasteiger partial charge in [-0.3, -0.25) is 19.6 Å². The lowest BCUT2D eigenvalue weighted by atomic mass is 10.1. The van der Waals surface area contributed by atoms with Gasteiger partial charge in [-0.15, -0.1) is 0 Å². The molecule has 2 aromatic carbocycles. The Morgan fingerprint density at radius 1 is 1.32 bits per heavy atom. The van der Waals surface area contributed by atoms with E-state index in [9.17, 15) is 14.9 Å². The highest BCUT2D eigenvalue weighted by Gasteiger charge is 2.25. The number of aromatic nitrogens is 2. The number of halogens is 1. The minimum atomic E-state index is -0.746. The van der Waals surface area contributed by atoms with Gasteiger partial charge in [0.15, 0.2) is 0 Å². The normalized spacial score (nSPS) is 10.9. The van der Waals surface area contributed by atoms with E-state index in [1.54, 1.807) is 0 Å². The number of benzene rings is 2. The van der Waals surface area contributed by atoms with Crippen LogP contribution in [-0.4, -0.2) is 26.8 Å². The first-order chi connectivity index (χ1) is 13.4. The van der Waals surface area contributed by atoms with Crippen molar-refractivity contribution in [2.45, 2.75) is 13.5 Å². The summed E-state index contributed by atoms with van der Waals surface area (Å²) in [5.41, 5.74) is 4.34. The fourth-order valence-electron chi connectivity index (χ4n) is 2.55. The minimum Gasteiger partial charge on any atom is -0.265 e. The van der Waals surface area contributed by atoms with E-state index in [0.717, 1.165) is 21.2 Å². The van der Waals surface area contributed by atoms with Crippen LogP contribution in [0.3, 0.4) is 0 Å². The van der Waals surface area contributed by atoms with E-state index in [-0.39, 0.29) is 11.4 Å². The molecule has 0 unspecified atom stereocenters. The quantitative estimate of drug-likeness (QED) is 0.358. The molecular weight excluding hydrogens is 426 g/mol. The Labute approximate surface area is 169 Å². The molecule has 142 valence electrons. The van der Waals surface area contributed by atoms with Crippen LogP contribution in [0.1, 0.15) is 27.2 Å². The molecule has 0 radical (unpaired) electrons. The zero-order chi connectivity index (χ0) is 20.1. The van der Waals surface area contributed by atoms with E-state index in [1.807, 2.05) is 55.5 Å². The highest BCUT2D eigenvalue weighted by molar-refractivity contribution is 9.10. The van der Waals surface area contributed by atoms with E-state index in [4.69, 9.17) is 0 Å². The van der Waals surface area contributed by atoms with Crippen molar-refractivity contribution in [1.29, 1.82) is 0 Å². The largest absolute Gasteiger partial charge is 0.320 e. The molecule has 0 spiro atoms. The lowest BCUT2D eigenvalue weighted by molar-refractivity contribution is -0.385. The average molecular weight is 442 g/mol. The van der Waals surface area contributed by atoms with Crippen molar-refractivity contribution in [3.8, 4) is 0 Å². The smallest absolute Gasteiger partial charge is 0.265 e. The molecule has 1 amide bonds. The Morgan fingerprint density at radius 2 is 2.11 bits per heavy atom. The van der Waals surface area contributed by atoms with Crippen molar-refractivity contribution < 1.29 is 9.72 Å². The van der Waals surface area contributed by atoms with Gasteiger partial charge >= 0.3 is 5.69 Å². The number of nitrogens with zero attached hydrogens (tertiary/aromatic N) is 4. The third-order valence-corrected chi connectivity index (χ3v) is 4.44. The molecule has 8 nitrogen and oxygen atoms in total. The molecule has 9 heteroatoms. The van der Waals surface area contributed by atoms with Gasteiger partial charge in [-0.05, 0) is 35.7 Å². The fourth-order valence-corrected chi connectivity index (χ4v) is 3.00. The minimum absolute atomic E-state index is 0.290. The van der Waals surface area contributed by atoms with Crippen LogP contribution in [-0.2, 0) is 6.54 Å². The van der Waals surface area contributed by atoms with Crippen LogP contribution in [0.5, 0.6) is 0 Å². The highest BCUT2D eigenvalue weighted by atomic mass is 79.9. The maximum Gasteiger partial charge on any atom is 0.320 e. The highest BCUT2D eigenvalue weighted by Crippen LogP contribution is 2.19. The van der Waals surface area contributed by atoms with Gasteiger partial charge in [0.1, 0.15) is 6.20 Å². The van der Waals surface area contributed by atoms with Crippen LogP contribution < -0.4 is 5.43 Å². The van der Waals surface area contributed by atoms with Gasteiger partial charge < -0.3 is 0 Å². The SMILES string of the molecule is Cc1ccccc1/C=N/NC(=O)c1nn(Cc2cccc(Br)c2)cc1[N+](=O)[O-]. The molecule has 1 N–H and O–H groups in total. The van der Waals surface area contributed by atoms with Gasteiger partial charge in [-0.2, -0.15) is 10.2 Å². The first kappa shape index (κ1) is 19.4. The second-order valence-electron chi connectivity index (χ2n) is 6.00. The first-order valence-electron chi connectivity index (χ1n) is 8.29. The van der Waals surface area contributed by atoms with E-state index in [2.05, 4.69) is 31.6 Å². The lowest BCUT2D eigenvalue weighted by Crippen LogP contribution is -2.20. The number of carbonyl (C=O) groups excluding carboxylic acids is 1. The van der Waals surface area contributed by atoms with Gasteiger partial charge in [0.25, 0.3) is 5.91 Å². The maximum absolute atomic E-state index is 12.4. The van der Waals surface area contributed by atoms with Crippen LogP contribution in [0.25, 0.3) is 0 Å². The number of carbonyl (C=O) groups is 1. The molecule has 1 heterocycles. The third-order valence-electron chi connectivity index (χ3n) is 3.95. The maximum atomic E-state index is 12.4. The molecule has 1 aromatic heterocycles. The standard InChI is InChI=1S/C19H16BrN5O3/c1-13-5-2-3-7-15(13)10-21-22-19(26)18-17(25(27)28)12-24(23-18)11-14-6-4-8-16(20)9-14/h2-10,12H,11H2,1H3,(H,22,26)/b21-10+. The number of nitro groups is 1. The van der Waals surface area contributed by atoms with E-state index in [1.165, 1.54) is 17.1 Å². The Kier molecular flexibility index (Phi) is 5.95. The number of amides is 1. The Balaban J connectivity index is 1.78. The number of hydrazone groups is 1. The average Bonchev–Trinajstić information content (AvgIpc) is 3.07. The molecule has 0 fully saturated rings. The number of aryl methyl sites for hydroxylation is 1. The van der Waals surface area contributed by atoms with Crippen molar-refractivity contribution in [1.82, 2.24) is 15.2 Å². The van der Waals surface area contributed by atoms with Crippen molar-refractivity contribution >= 4 is 33.7 Å². The van der Waals surface area contributed by atoms with Crippen LogP contribution >= 0.6 is 15.9 Å². The third kappa shape index (κ3) is 4.68. The number of hydrogen-bond donors (Lipinski definition) is 1. The van der Waals surface area contributed by atoms with Crippen molar-refractivity contribution in [3.05, 3.63) is 91.7 Å². The number of hydrogen-bond acceptors (Lipinski definition) is 5. The molecule has 0 aliphatic heterocycles. The van der Waals surface area contributed by atoms with Gasteiger partial charge in [-0.1, -0.05) is 52.3 Å². The van der Waals surface area contributed by atoms with Crippen LogP contribution in [0.15, 0.2) is 64.3 Å². The second kappa shape index (κ2) is 8.57. The molecule has 0 saturated heterocycles. The summed E-state index contributed by atoms with van der Waals surface area (Å²) >= 11 is 3.38. The van der Waals surface area contributed by atoms with E-state index < -0.39 is 10.8 Å². The second-order valence-corrected chi connectivity index (χ2v) is 6.92. The predicted molar refractivity (Wildman–Crippen MR) is 108 cm³/mol. The summed E-state index contributed by atoms with van der Waals surface area (Å²) in [4.78, 5) is 23.0. The lowest BCUT2D eigenvalue weighted by Gasteiger charge is -2.02. The van der Waals surface area contributed by atoms with Crippen LogP contribution in [0, 0.1) is 17.0 Å². The van der Waals surface area contributed by atoms with E-state index in [0.29, 0.717) is 6.54 Å². The summed E-state index contributed by atoms with van der Waals surface area (Å²) in [6.45, 7) is 2.21. The topological polar surface area (TPSA) is 102 Å². The van der Waals surface area contributed by atoms with Gasteiger partial charge in [-0.25, -0.2) is 5.43 Å². The molecule has 0 aliphatic rings. The predicted octanol–water partition coefficient (Wildman–Crippen LogP) is 3.67. The van der Waals surface area contributed by atoms with Gasteiger partial charge in [0.05, 0.1) is 17.7 Å². The van der Waals surface area contributed by atoms with Gasteiger partial charge in [0.2, 0.25) is 5.69 Å². The zero-order valence-corrected chi connectivity index (χ0v) is 16.5. The zero-order valence-electron chi connectivity index (χ0n) is 14.9. The Bertz CT molecular complexity index is 1060. The summed E-state index contributed by atoms with van der Waals surface area (Å²) < 4.78 is 2.25. The molecule has 0 saturated carbocycles. The van der Waals surface area contributed by atoms with Crippen LogP contribution in [0.4, 0.5) is 5.69 Å². The first-order valence-corrected chi connectivity index (χ1v) is 9.08. The summed E-state index contributed by atoms with van der Waals surface area (Å²) in [5, 5.41) is 19.3. The molecule has 0 bridgehead atoms. The molecule has 3 aromatic rings. The summed E-state index contributed by atoms with van der Waals surface area (Å²) in [6.07, 6.45) is 2.72. The molecule has 0 atom stereocenters. The van der Waals surface area contributed by atoms with Crippen molar-refractivity contribution in [3.63, 3.8) is 0 Å². The van der Waals surface area contributed by atoms with Crippen molar-refractivity contribution in [2.24, 2.45) is 5.10 Å². The summed E-state index contributed by atoms with van der Waals surface area (Å²) in [7, 11) is 0. The Morgan fingerprint density at radius 3 is 2.82 bits per heavy atom. The molecule has 0 aliphatic carbocycles. The number of nitrogens with one attached hydrogen (secondary N) is 1. The Hall–Kier alpha value is -3.33. The van der Waals surface area contributed by atoms with E-state index >= 15 is 0 Å². The summed E-state index contributed by atoms with van der Waals surface area (Å²) in [5.74, 6) is -0.746.